The Balaban J connectivity index is 1.33. The summed E-state index contributed by atoms with van der Waals surface area (Å²) in [6.45, 7) is 3.24. The molecule has 0 bridgehead atoms. The summed E-state index contributed by atoms with van der Waals surface area (Å²) < 4.78 is 6.35. The summed E-state index contributed by atoms with van der Waals surface area (Å²) in [5.74, 6) is -7.65. The van der Waals surface area contributed by atoms with Crippen LogP contribution in [0.4, 0.5) is 0 Å². The van der Waals surface area contributed by atoms with Crippen molar-refractivity contribution in [3.8, 4) is 0 Å². The molecule has 2 saturated heterocycles. The average molecular weight is 575 g/mol. The zero-order chi connectivity index (χ0) is 29.9. The zero-order valence-corrected chi connectivity index (χ0v) is 22.2. The number of carbonyl (C=O) groups is 4. The second-order valence-corrected chi connectivity index (χ2v) is 10.8. The molecule has 0 spiro atoms. The Morgan fingerprint density at radius 2 is 1.07 bits per heavy atom. The minimum absolute atomic E-state index is 0.0225. The fourth-order valence-corrected chi connectivity index (χ4v) is 6.71. The molecule has 2 aromatic heterocycles. The van der Waals surface area contributed by atoms with Crippen LogP contribution in [0, 0.1) is 23.7 Å². The Hall–Kier alpha value is -4.82. The number of hydrogen-bond donors (Lipinski definition) is 1. The van der Waals surface area contributed by atoms with Crippen LogP contribution in [-0.2, 0) is 23.9 Å². The predicted molar refractivity (Wildman–Crippen MR) is 144 cm³/mol. The lowest BCUT2D eigenvalue weighted by atomic mass is 9.59. The first-order chi connectivity index (χ1) is 20.0. The van der Waals surface area contributed by atoms with Crippen LogP contribution in [0.15, 0.2) is 43.4 Å². The van der Waals surface area contributed by atoms with Gasteiger partial charge in [-0.1, -0.05) is 6.92 Å². The van der Waals surface area contributed by atoms with E-state index in [0.717, 1.165) is 9.47 Å². The first-order valence-corrected chi connectivity index (χ1v) is 13.4. The highest BCUT2D eigenvalue weighted by Crippen LogP contribution is 2.55. The molecular weight excluding hydrogens is 552 g/mol. The molecule has 5 unspecified atom stereocenters. The maximum Gasteiger partial charge on any atom is 0.281 e. The highest BCUT2D eigenvalue weighted by molar-refractivity contribution is 6.24. The number of fused-ring (bicyclic) bond motifs is 7. The Labute approximate surface area is 233 Å². The number of hydrogen-bond acceptors (Lipinski definition) is 10. The molecule has 3 aliphatic rings. The van der Waals surface area contributed by atoms with Gasteiger partial charge in [-0.15, -0.1) is 0 Å². The van der Waals surface area contributed by atoms with Gasteiger partial charge in [0.25, 0.3) is 34.1 Å². The largest absolute Gasteiger partial charge is 0.373 e. The molecule has 14 heteroatoms. The van der Waals surface area contributed by atoms with Crippen LogP contribution in [0.25, 0.3) is 32.3 Å². The summed E-state index contributed by atoms with van der Waals surface area (Å²) in [5, 5.41) is 11.0. The third-order valence-corrected chi connectivity index (χ3v) is 8.78. The fraction of sp³-hybridized carbons (Fsp3) is 0.357. The molecular formula is C28H22N4O10. The fourth-order valence-electron chi connectivity index (χ4n) is 6.71. The van der Waals surface area contributed by atoms with Crippen LogP contribution in [-0.4, -0.2) is 56.2 Å². The molecule has 4 amide bonds. The number of ether oxygens (including phenoxy) is 1. The van der Waals surface area contributed by atoms with E-state index < -0.39 is 75.8 Å². The van der Waals surface area contributed by atoms with Crippen molar-refractivity contribution in [1.82, 2.24) is 14.1 Å². The van der Waals surface area contributed by atoms with Crippen molar-refractivity contribution in [2.24, 2.45) is 23.7 Å². The molecule has 3 fully saturated rings. The Bertz CT molecular complexity index is 2010. The molecule has 214 valence electrons. The van der Waals surface area contributed by atoms with Crippen molar-refractivity contribution in [2.45, 2.75) is 26.5 Å². The van der Waals surface area contributed by atoms with E-state index in [2.05, 4.69) is 0 Å². The predicted octanol–water partition coefficient (Wildman–Crippen LogP) is -1.19. The highest BCUT2D eigenvalue weighted by atomic mass is 16.5. The van der Waals surface area contributed by atoms with Gasteiger partial charge in [0.1, 0.15) is 13.0 Å². The zero-order valence-electron chi connectivity index (χ0n) is 22.2. The van der Waals surface area contributed by atoms with Crippen molar-refractivity contribution in [2.75, 3.05) is 18.3 Å². The van der Waals surface area contributed by atoms with Crippen LogP contribution < -0.4 is 27.2 Å². The molecule has 1 aliphatic carbocycles. The number of rotatable bonds is 6. The van der Waals surface area contributed by atoms with Gasteiger partial charge >= 0.3 is 0 Å². The Morgan fingerprint density at radius 1 is 0.667 bits per heavy atom. The topological polar surface area (TPSA) is 182 Å². The van der Waals surface area contributed by atoms with Gasteiger partial charge in [-0.2, -0.15) is 9.69 Å². The number of amides is 4. The van der Waals surface area contributed by atoms with Gasteiger partial charge in [-0.25, -0.2) is 4.57 Å². The van der Waals surface area contributed by atoms with Gasteiger partial charge in [0.2, 0.25) is 11.8 Å². The van der Waals surface area contributed by atoms with Crippen LogP contribution in [0.2, 0.25) is 0 Å². The number of aromatic nitrogens is 2. The van der Waals surface area contributed by atoms with E-state index in [0.29, 0.717) is 20.5 Å². The quantitative estimate of drug-likeness (QED) is 0.275. The number of carbonyl (C=O) groups excluding carboxylic acids is 4. The average Bonchev–Trinajstić information content (AvgIpc) is 3.49. The van der Waals surface area contributed by atoms with Crippen molar-refractivity contribution >= 4 is 55.9 Å². The first-order valence-electron chi connectivity index (χ1n) is 13.4. The van der Waals surface area contributed by atoms with Crippen LogP contribution >= 0.6 is 0 Å². The van der Waals surface area contributed by atoms with Crippen LogP contribution in [0.3, 0.4) is 0 Å². The van der Waals surface area contributed by atoms with E-state index in [4.69, 9.17) is 4.74 Å². The summed E-state index contributed by atoms with van der Waals surface area (Å²) >= 11 is 0. The minimum Gasteiger partial charge on any atom is -0.373 e. The SMILES string of the molecule is CCOCN1C(=O)C2C(C1=O)C1C(=O)N(n3c(=O)c4cc5cc6c(=O)n(C(O)CC)c(=O)c6cc5cc4c3=O)C(=O)C21. The van der Waals surface area contributed by atoms with Gasteiger partial charge in [-0.3, -0.25) is 43.3 Å². The molecule has 1 N–H and O–H groups in total. The molecule has 14 nitrogen and oxygen atoms in total. The maximum absolute atomic E-state index is 13.5. The van der Waals surface area contributed by atoms with Crippen LogP contribution in [0.5, 0.6) is 0 Å². The van der Waals surface area contributed by atoms with Gasteiger partial charge in [0.05, 0.1) is 45.2 Å². The second-order valence-electron chi connectivity index (χ2n) is 10.8. The van der Waals surface area contributed by atoms with Gasteiger partial charge in [0.15, 0.2) is 0 Å². The van der Waals surface area contributed by atoms with Gasteiger partial charge < -0.3 is 9.84 Å². The highest BCUT2D eigenvalue weighted by Gasteiger charge is 2.74. The molecule has 42 heavy (non-hydrogen) atoms. The van der Waals surface area contributed by atoms with Crippen molar-refractivity contribution in [1.29, 1.82) is 0 Å². The van der Waals surface area contributed by atoms with E-state index in [-0.39, 0.29) is 41.3 Å². The molecule has 0 radical (unpaired) electrons. The van der Waals surface area contributed by atoms with E-state index in [1.807, 2.05) is 0 Å². The lowest BCUT2D eigenvalue weighted by Gasteiger charge is -2.36. The monoisotopic (exact) mass is 574 g/mol. The van der Waals surface area contributed by atoms with E-state index in [1.54, 1.807) is 13.8 Å². The summed E-state index contributed by atoms with van der Waals surface area (Å²) in [6, 6.07) is 5.42. The lowest BCUT2D eigenvalue weighted by Crippen LogP contribution is -2.50. The second kappa shape index (κ2) is 8.59. The van der Waals surface area contributed by atoms with E-state index >= 15 is 0 Å². The van der Waals surface area contributed by atoms with Crippen molar-refractivity contribution in [3.05, 3.63) is 65.7 Å². The summed E-state index contributed by atoms with van der Waals surface area (Å²) in [6.07, 6.45) is -1.19. The van der Waals surface area contributed by atoms with Crippen molar-refractivity contribution in [3.63, 3.8) is 0 Å². The minimum atomic E-state index is -1.31. The number of aliphatic hydroxyl groups is 1. The van der Waals surface area contributed by atoms with E-state index in [9.17, 15) is 43.5 Å². The molecule has 4 aromatic rings. The molecule has 5 atom stereocenters. The van der Waals surface area contributed by atoms with Gasteiger partial charge in [0, 0.05) is 6.61 Å². The summed E-state index contributed by atoms with van der Waals surface area (Å²) in [7, 11) is 0. The molecule has 2 aliphatic heterocycles. The van der Waals surface area contributed by atoms with Crippen molar-refractivity contribution < 1.29 is 29.0 Å². The Morgan fingerprint density at radius 3 is 1.48 bits per heavy atom. The number of likely N-dealkylation sites (tertiary alicyclic amines) is 1. The van der Waals surface area contributed by atoms with Crippen LogP contribution in [0.1, 0.15) is 26.5 Å². The number of nitrogens with zero attached hydrogens (tertiary/aromatic N) is 4. The number of aliphatic hydroxyl groups excluding tert-OH is 1. The standard InChI is InChI=1S/C28H22N4O10/c1-3-16(33)30-21(34)12-5-10-7-14-15(8-11(10)6-13(12)22(30)35)24(37)31(23(14)36)32-27(40)19-17-18(20(19)28(32)41)26(39)29(25(17)38)9-42-4-2/h5-8,16-20,33H,3-4,9H2,1-2H3. The molecule has 1 saturated carbocycles. The summed E-state index contributed by atoms with van der Waals surface area (Å²) in [4.78, 5) is 106. The first kappa shape index (κ1) is 26.1. The van der Waals surface area contributed by atoms with Gasteiger partial charge in [-0.05, 0) is 48.4 Å². The smallest absolute Gasteiger partial charge is 0.281 e. The third kappa shape index (κ3) is 2.99. The lowest BCUT2D eigenvalue weighted by molar-refractivity contribution is -0.146. The summed E-state index contributed by atoms with van der Waals surface area (Å²) in [5.41, 5.74) is -3.33. The number of imide groups is 2. The normalized spacial score (nSPS) is 24.4. The maximum atomic E-state index is 13.5. The molecule has 7 rings (SSSR count). The molecule has 2 aromatic carbocycles. The number of benzene rings is 2. The third-order valence-electron chi connectivity index (χ3n) is 8.78. The molecule has 4 heterocycles. The Kier molecular flexibility index (Phi) is 5.34. The van der Waals surface area contributed by atoms with E-state index in [1.165, 1.54) is 24.3 Å².